The minimum absolute atomic E-state index is 0.505. The Kier molecular flexibility index (Phi) is 11.7. The summed E-state index contributed by atoms with van der Waals surface area (Å²) in [5.41, 5.74) is 5.54. The van der Waals surface area contributed by atoms with E-state index in [1.165, 1.54) is 0 Å². The number of anilines is 3. The van der Waals surface area contributed by atoms with Gasteiger partial charge < -0.3 is 43.1 Å². The molecule has 0 spiro atoms. The van der Waals surface area contributed by atoms with Crippen LogP contribution in [0.3, 0.4) is 0 Å². The first-order valence-corrected chi connectivity index (χ1v) is 16.5. The van der Waals surface area contributed by atoms with Gasteiger partial charge in [0.25, 0.3) is 0 Å². The second kappa shape index (κ2) is 15.4. The summed E-state index contributed by atoms with van der Waals surface area (Å²) in [5, 5.41) is 0. The van der Waals surface area contributed by atoms with E-state index >= 15 is 0 Å². The number of ether oxygens (including phenoxy) is 6. The Balaban J connectivity index is 2.20. The van der Waals surface area contributed by atoms with E-state index in [0.29, 0.717) is 34.5 Å². The number of nitrogens with zero attached hydrogens (tertiary/aromatic N) is 3. The molecule has 0 saturated heterocycles. The average molecular weight is 636 g/mol. The Morgan fingerprint density at radius 1 is 0.478 bits per heavy atom. The molecule has 0 saturated carbocycles. The van der Waals surface area contributed by atoms with Gasteiger partial charge in [-0.2, -0.15) is 0 Å². The SMILES string of the molecule is CCN(CC)c1cc(OC)c(C2c3c(OC)cc(N(CC)CC)cc3OC(C)Oc3cc(N(CC)CC)cc(OC)c32)c(OC)c1. The molecule has 0 amide bonds. The van der Waals surface area contributed by atoms with Gasteiger partial charge in [-0.15, -0.1) is 0 Å². The molecule has 0 unspecified atom stereocenters. The zero-order chi connectivity index (χ0) is 33.5. The summed E-state index contributed by atoms with van der Waals surface area (Å²) in [6, 6.07) is 12.5. The van der Waals surface area contributed by atoms with Crippen molar-refractivity contribution in [2.75, 3.05) is 82.4 Å². The van der Waals surface area contributed by atoms with Gasteiger partial charge in [-0.1, -0.05) is 0 Å². The highest BCUT2D eigenvalue weighted by Gasteiger charge is 2.38. The molecular weight excluding hydrogens is 582 g/mol. The third-order valence-electron chi connectivity index (χ3n) is 8.98. The summed E-state index contributed by atoms with van der Waals surface area (Å²) >= 11 is 0. The maximum atomic E-state index is 6.66. The lowest BCUT2D eigenvalue weighted by molar-refractivity contribution is 0.0180. The number of hydrogen-bond donors (Lipinski definition) is 0. The molecule has 1 aliphatic rings. The van der Waals surface area contributed by atoms with Crippen LogP contribution in [-0.4, -0.2) is 74.0 Å². The summed E-state index contributed by atoms with van der Waals surface area (Å²) in [4.78, 5) is 6.82. The van der Waals surface area contributed by atoms with Gasteiger partial charge in [0.2, 0.25) is 6.29 Å². The first kappa shape index (κ1) is 34.7. The summed E-state index contributed by atoms with van der Waals surface area (Å²) in [7, 11) is 6.81. The van der Waals surface area contributed by atoms with Crippen molar-refractivity contribution >= 4 is 17.1 Å². The molecule has 1 aliphatic heterocycles. The quantitative estimate of drug-likeness (QED) is 0.179. The maximum absolute atomic E-state index is 6.66. The molecule has 3 aromatic carbocycles. The predicted molar refractivity (Wildman–Crippen MR) is 188 cm³/mol. The van der Waals surface area contributed by atoms with E-state index in [0.717, 1.165) is 73.0 Å². The minimum atomic E-state index is -0.597. The van der Waals surface area contributed by atoms with Crippen LogP contribution in [0.25, 0.3) is 0 Å². The first-order valence-electron chi connectivity index (χ1n) is 16.5. The molecule has 0 atom stereocenters. The highest BCUT2D eigenvalue weighted by Crippen LogP contribution is 2.56. The van der Waals surface area contributed by atoms with Crippen molar-refractivity contribution in [2.45, 2.75) is 60.7 Å². The van der Waals surface area contributed by atoms with Crippen LogP contribution in [0.1, 0.15) is 71.1 Å². The summed E-state index contributed by atoms with van der Waals surface area (Å²) in [6.07, 6.45) is -0.597. The van der Waals surface area contributed by atoms with Crippen LogP contribution in [0.2, 0.25) is 0 Å². The Morgan fingerprint density at radius 2 is 0.761 bits per heavy atom. The largest absolute Gasteiger partial charge is 0.496 e. The van der Waals surface area contributed by atoms with Gasteiger partial charge in [-0.25, -0.2) is 0 Å². The maximum Gasteiger partial charge on any atom is 0.238 e. The van der Waals surface area contributed by atoms with E-state index in [4.69, 9.17) is 28.4 Å². The normalized spacial score (nSPS) is 15.3. The fourth-order valence-electron chi connectivity index (χ4n) is 6.61. The van der Waals surface area contributed by atoms with Gasteiger partial charge in [-0.3, -0.25) is 0 Å². The number of hydrogen-bond acceptors (Lipinski definition) is 9. The molecule has 1 heterocycles. The molecule has 0 N–H and O–H groups in total. The predicted octanol–water partition coefficient (Wildman–Crippen LogP) is 7.56. The van der Waals surface area contributed by atoms with E-state index in [2.05, 4.69) is 92.6 Å². The van der Waals surface area contributed by atoms with Gasteiger partial charge >= 0.3 is 0 Å². The number of methoxy groups -OCH3 is 4. The molecular formula is C37H53N3O6. The van der Waals surface area contributed by atoms with E-state index in [1.54, 1.807) is 28.4 Å². The van der Waals surface area contributed by atoms with Crippen molar-refractivity contribution in [3.63, 3.8) is 0 Å². The monoisotopic (exact) mass is 635 g/mol. The van der Waals surface area contributed by atoms with Crippen LogP contribution >= 0.6 is 0 Å². The molecule has 9 heteroatoms. The Bertz CT molecular complexity index is 1370. The summed E-state index contributed by atoms with van der Waals surface area (Å²) < 4.78 is 38.2. The Morgan fingerprint density at radius 3 is 1.04 bits per heavy atom. The molecule has 252 valence electrons. The molecule has 0 fully saturated rings. The summed E-state index contributed by atoms with van der Waals surface area (Å²) in [6.45, 7) is 19.8. The van der Waals surface area contributed by atoms with Gasteiger partial charge in [0.1, 0.15) is 34.5 Å². The second-order valence-corrected chi connectivity index (χ2v) is 11.1. The molecule has 3 aromatic rings. The van der Waals surface area contributed by atoms with Crippen LogP contribution in [0, 0.1) is 0 Å². The van der Waals surface area contributed by atoms with E-state index in [-0.39, 0.29) is 0 Å². The van der Waals surface area contributed by atoms with Crippen molar-refractivity contribution < 1.29 is 28.4 Å². The fraction of sp³-hybridized carbons (Fsp3) is 0.514. The highest BCUT2D eigenvalue weighted by atomic mass is 16.7. The van der Waals surface area contributed by atoms with Gasteiger partial charge in [-0.05, 0) is 41.5 Å². The van der Waals surface area contributed by atoms with E-state index in [9.17, 15) is 0 Å². The van der Waals surface area contributed by atoms with Gasteiger partial charge in [0.15, 0.2) is 0 Å². The smallest absolute Gasteiger partial charge is 0.238 e. The van der Waals surface area contributed by atoms with Crippen molar-refractivity contribution in [1.29, 1.82) is 0 Å². The molecule has 0 aliphatic carbocycles. The molecule has 4 rings (SSSR count). The van der Waals surface area contributed by atoms with Crippen molar-refractivity contribution in [3.8, 4) is 34.5 Å². The molecule has 0 radical (unpaired) electrons. The average Bonchev–Trinajstić information content (AvgIpc) is 3.06. The first-order chi connectivity index (χ1) is 22.3. The van der Waals surface area contributed by atoms with Crippen molar-refractivity contribution in [1.82, 2.24) is 0 Å². The third-order valence-corrected chi connectivity index (χ3v) is 8.98. The van der Waals surface area contributed by atoms with Crippen LogP contribution in [0.4, 0.5) is 17.1 Å². The van der Waals surface area contributed by atoms with Crippen molar-refractivity contribution in [3.05, 3.63) is 53.1 Å². The molecule has 0 bridgehead atoms. The Labute approximate surface area is 275 Å². The van der Waals surface area contributed by atoms with Crippen LogP contribution in [0.5, 0.6) is 34.5 Å². The summed E-state index contributed by atoms with van der Waals surface area (Å²) in [5.74, 6) is 3.57. The standard InChI is InChI=1S/C37H53N3O6/c1-12-38(13-2)25-18-28(41-8)34(29(19-25)42-9)37-35-30(43-10)20-26(39(14-3)15-4)22-32(35)45-24(7)46-33-23-27(40(16-5)17-6)21-31(44-11)36(33)37/h18-24,37H,12-17H2,1-11H3. The van der Waals surface area contributed by atoms with Gasteiger partial charge in [0.05, 0.1) is 34.4 Å². The van der Waals surface area contributed by atoms with Crippen LogP contribution < -0.4 is 43.1 Å². The van der Waals surface area contributed by atoms with Crippen LogP contribution in [0.15, 0.2) is 36.4 Å². The number of benzene rings is 3. The third kappa shape index (κ3) is 6.55. The topological polar surface area (TPSA) is 65.1 Å². The number of rotatable bonds is 14. The van der Waals surface area contributed by atoms with Crippen molar-refractivity contribution in [2.24, 2.45) is 0 Å². The lowest BCUT2D eigenvalue weighted by Crippen LogP contribution is -2.28. The fourth-order valence-corrected chi connectivity index (χ4v) is 6.61. The molecule has 9 nitrogen and oxygen atoms in total. The zero-order valence-corrected chi connectivity index (χ0v) is 29.7. The van der Waals surface area contributed by atoms with Crippen LogP contribution in [-0.2, 0) is 0 Å². The number of fused-ring (bicyclic) bond motifs is 2. The molecule has 0 aromatic heterocycles. The van der Waals surface area contributed by atoms with E-state index < -0.39 is 12.2 Å². The Hall–Kier alpha value is -4.14. The lowest BCUT2D eigenvalue weighted by atomic mass is 9.81. The molecule has 46 heavy (non-hydrogen) atoms. The minimum Gasteiger partial charge on any atom is -0.496 e. The zero-order valence-electron chi connectivity index (χ0n) is 29.7. The lowest BCUT2D eigenvalue weighted by Gasteiger charge is -2.35. The van der Waals surface area contributed by atoms with E-state index in [1.807, 2.05) is 6.92 Å². The van der Waals surface area contributed by atoms with Gasteiger partial charge in [0, 0.05) is 116 Å². The highest BCUT2D eigenvalue weighted by molar-refractivity contribution is 5.74. The second-order valence-electron chi connectivity index (χ2n) is 11.1.